The monoisotopic (exact) mass is 515 g/mol. The highest BCUT2D eigenvalue weighted by Crippen LogP contribution is 2.51. The summed E-state index contributed by atoms with van der Waals surface area (Å²) in [5.74, 6) is -4.12. The molecular weight excluding hydrogens is 493 g/mol. The lowest BCUT2D eigenvalue weighted by Gasteiger charge is -2.25. The number of carbonyl (C=O) groups is 2. The molecule has 36 heavy (non-hydrogen) atoms. The number of phenolic OH excluding ortho intramolecular Hbond substituents is 2. The number of fused-ring (bicyclic) bond motifs is 1. The van der Waals surface area contributed by atoms with Gasteiger partial charge in [0.2, 0.25) is 0 Å². The van der Waals surface area contributed by atoms with Crippen molar-refractivity contribution in [1.82, 2.24) is 4.98 Å². The van der Waals surface area contributed by atoms with Crippen LogP contribution in [0, 0.1) is 12.7 Å². The maximum Gasteiger partial charge on any atom is 0.306 e. The van der Waals surface area contributed by atoms with Crippen molar-refractivity contribution >= 4 is 23.4 Å². The largest absolute Gasteiger partial charge is 0.507 e. The summed E-state index contributed by atoms with van der Waals surface area (Å²) in [6, 6.07) is 4.77. The standard InChI is InChI=1S/C26H23ClFNO7/c1-11-23(32)21-13(9-29-11)10-36-26(21)18-7-16(12(2)30)24(33)22(25(18)34)17(8-20(31)35-3)15-5-4-14(28)6-19(15)27/h4-7,9,17,26,32-34H,8,10H2,1-3H3/t17-,26-/m0/s1. The van der Waals surface area contributed by atoms with Crippen LogP contribution in [0.5, 0.6) is 17.2 Å². The van der Waals surface area contributed by atoms with Gasteiger partial charge >= 0.3 is 5.97 Å². The molecule has 0 spiro atoms. The molecule has 0 radical (unpaired) electrons. The fraction of sp³-hybridized carbons (Fsp3) is 0.269. The number of benzene rings is 2. The average molecular weight is 516 g/mol. The summed E-state index contributed by atoms with van der Waals surface area (Å²) < 4.78 is 24.4. The Balaban J connectivity index is 2.00. The number of aromatic hydroxyl groups is 3. The van der Waals surface area contributed by atoms with E-state index in [0.717, 1.165) is 12.1 Å². The number of halogens is 2. The number of hydrogen-bond acceptors (Lipinski definition) is 8. The Morgan fingerprint density at radius 1 is 1.22 bits per heavy atom. The Labute approximate surface area is 210 Å². The van der Waals surface area contributed by atoms with Gasteiger partial charge in [0, 0.05) is 39.4 Å². The highest BCUT2D eigenvalue weighted by molar-refractivity contribution is 6.31. The van der Waals surface area contributed by atoms with Gasteiger partial charge in [0.15, 0.2) is 5.78 Å². The van der Waals surface area contributed by atoms with Gasteiger partial charge in [-0.3, -0.25) is 14.6 Å². The first-order valence-corrected chi connectivity index (χ1v) is 11.3. The van der Waals surface area contributed by atoms with Crippen molar-refractivity contribution in [2.45, 2.75) is 38.9 Å². The lowest BCUT2D eigenvalue weighted by atomic mass is 9.83. The lowest BCUT2D eigenvalue weighted by Crippen LogP contribution is -2.14. The summed E-state index contributed by atoms with van der Waals surface area (Å²) in [7, 11) is 1.17. The second-order valence-electron chi connectivity index (χ2n) is 8.50. The molecule has 0 amide bonds. The Hall–Kier alpha value is -3.69. The van der Waals surface area contributed by atoms with Gasteiger partial charge in [0.25, 0.3) is 0 Å². The second kappa shape index (κ2) is 9.75. The van der Waals surface area contributed by atoms with E-state index >= 15 is 0 Å². The summed E-state index contributed by atoms with van der Waals surface area (Å²) in [4.78, 5) is 29.0. The maximum absolute atomic E-state index is 13.8. The molecule has 0 aliphatic carbocycles. The molecule has 1 aromatic heterocycles. The molecule has 3 N–H and O–H groups in total. The molecular formula is C26H23ClFNO7. The van der Waals surface area contributed by atoms with Gasteiger partial charge in [-0.15, -0.1) is 0 Å². The third-order valence-corrected chi connectivity index (χ3v) is 6.64. The molecule has 10 heteroatoms. The van der Waals surface area contributed by atoms with E-state index in [1.165, 1.54) is 26.2 Å². The molecule has 0 bridgehead atoms. The van der Waals surface area contributed by atoms with Gasteiger partial charge in [0.05, 0.1) is 31.4 Å². The molecule has 1 aliphatic rings. The quantitative estimate of drug-likeness (QED) is 0.315. The van der Waals surface area contributed by atoms with E-state index in [0.29, 0.717) is 16.8 Å². The van der Waals surface area contributed by atoms with Crippen molar-refractivity contribution in [3.8, 4) is 17.2 Å². The third-order valence-electron chi connectivity index (χ3n) is 6.31. The molecule has 0 saturated heterocycles. The fourth-order valence-corrected chi connectivity index (χ4v) is 4.77. The van der Waals surface area contributed by atoms with Crippen LogP contribution >= 0.6 is 11.6 Å². The van der Waals surface area contributed by atoms with Crippen LogP contribution in [-0.2, 0) is 20.9 Å². The Kier molecular flexibility index (Phi) is 6.88. The topological polar surface area (TPSA) is 126 Å². The molecule has 2 aromatic carbocycles. The summed E-state index contributed by atoms with van der Waals surface area (Å²) in [5.41, 5.74) is 1.28. The highest BCUT2D eigenvalue weighted by atomic mass is 35.5. The number of aryl methyl sites for hydroxylation is 1. The minimum absolute atomic E-state index is 0.0562. The second-order valence-corrected chi connectivity index (χ2v) is 8.91. The number of hydrogen-bond donors (Lipinski definition) is 3. The SMILES string of the molecule is COC(=O)C[C@@H](c1ccc(F)cc1Cl)c1c(O)c(C(C)=O)cc([C@@H]2OCc3cnc(C)c(O)c32)c1O. The number of esters is 1. The van der Waals surface area contributed by atoms with Crippen LogP contribution < -0.4 is 0 Å². The van der Waals surface area contributed by atoms with Crippen molar-refractivity contribution in [3.05, 3.63) is 80.4 Å². The number of rotatable bonds is 6. The molecule has 188 valence electrons. The van der Waals surface area contributed by atoms with E-state index in [2.05, 4.69) is 4.98 Å². The van der Waals surface area contributed by atoms with Gasteiger partial charge < -0.3 is 24.8 Å². The van der Waals surface area contributed by atoms with Gasteiger partial charge in [-0.2, -0.15) is 0 Å². The zero-order chi connectivity index (χ0) is 26.3. The molecule has 2 atom stereocenters. The number of ketones is 1. The molecule has 4 rings (SSSR count). The zero-order valence-electron chi connectivity index (χ0n) is 19.6. The smallest absolute Gasteiger partial charge is 0.306 e. The van der Waals surface area contributed by atoms with E-state index in [-0.39, 0.29) is 46.1 Å². The minimum Gasteiger partial charge on any atom is -0.507 e. The van der Waals surface area contributed by atoms with Crippen molar-refractivity contribution in [2.24, 2.45) is 0 Å². The van der Waals surface area contributed by atoms with E-state index in [4.69, 9.17) is 21.1 Å². The summed E-state index contributed by atoms with van der Waals surface area (Å²) in [6.07, 6.45) is 0.161. The third kappa shape index (κ3) is 4.36. The minimum atomic E-state index is -1.11. The molecule has 0 unspecified atom stereocenters. The summed E-state index contributed by atoms with van der Waals surface area (Å²) in [6.45, 7) is 2.92. The van der Waals surface area contributed by atoms with Crippen LogP contribution in [-0.4, -0.2) is 39.2 Å². The Bertz CT molecular complexity index is 1390. The van der Waals surface area contributed by atoms with Crippen LogP contribution in [0.4, 0.5) is 4.39 Å². The molecule has 0 saturated carbocycles. The summed E-state index contributed by atoms with van der Waals surface area (Å²) in [5, 5.41) is 33.2. The first-order valence-electron chi connectivity index (χ1n) is 10.9. The Morgan fingerprint density at radius 2 is 1.94 bits per heavy atom. The van der Waals surface area contributed by atoms with Crippen molar-refractivity contribution < 1.29 is 38.8 Å². The number of aromatic nitrogens is 1. The van der Waals surface area contributed by atoms with Gasteiger partial charge in [-0.1, -0.05) is 17.7 Å². The average Bonchev–Trinajstić information content (AvgIpc) is 3.25. The lowest BCUT2D eigenvalue weighted by molar-refractivity contribution is -0.140. The number of carbonyl (C=O) groups excluding carboxylic acids is 2. The number of methoxy groups -OCH3 is 1. The number of nitrogens with zero attached hydrogens (tertiary/aromatic N) is 1. The number of ether oxygens (including phenoxy) is 2. The Morgan fingerprint density at radius 3 is 2.58 bits per heavy atom. The van der Waals surface area contributed by atoms with Crippen molar-refractivity contribution in [1.29, 1.82) is 0 Å². The fourth-order valence-electron chi connectivity index (χ4n) is 4.47. The van der Waals surface area contributed by atoms with E-state index in [1.54, 1.807) is 13.1 Å². The van der Waals surface area contributed by atoms with Gasteiger partial charge in [0.1, 0.15) is 29.2 Å². The highest BCUT2D eigenvalue weighted by Gasteiger charge is 2.36. The number of pyridine rings is 1. The predicted octanol–water partition coefficient (Wildman–Crippen LogP) is 4.82. The van der Waals surface area contributed by atoms with E-state index in [9.17, 15) is 29.3 Å². The normalized spacial score (nSPS) is 15.4. The van der Waals surface area contributed by atoms with Crippen LogP contribution in [0.3, 0.4) is 0 Å². The van der Waals surface area contributed by atoms with Gasteiger partial charge in [-0.25, -0.2) is 4.39 Å². The van der Waals surface area contributed by atoms with Crippen molar-refractivity contribution in [2.75, 3.05) is 7.11 Å². The van der Waals surface area contributed by atoms with Gasteiger partial charge in [-0.05, 0) is 37.6 Å². The van der Waals surface area contributed by atoms with Crippen molar-refractivity contribution in [3.63, 3.8) is 0 Å². The maximum atomic E-state index is 13.8. The van der Waals surface area contributed by atoms with E-state index in [1.807, 2.05) is 0 Å². The molecule has 1 aliphatic heterocycles. The molecule has 3 aromatic rings. The van der Waals surface area contributed by atoms with Crippen LogP contribution in [0.15, 0.2) is 30.5 Å². The zero-order valence-corrected chi connectivity index (χ0v) is 20.4. The summed E-state index contributed by atoms with van der Waals surface area (Å²) >= 11 is 6.29. The van der Waals surface area contributed by atoms with Crippen LogP contribution in [0.1, 0.15) is 69.2 Å². The van der Waals surface area contributed by atoms with E-state index < -0.39 is 41.1 Å². The van der Waals surface area contributed by atoms with Crippen LogP contribution in [0.25, 0.3) is 0 Å². The van der Waals surface area contributed by atoms with Crippen LogP contribution in [0.2, 0.25) is 5.02 Å². The number of Topliss-reactive ketones (excluding diaryl/α,β-unsaturated/α-hetero) is 1. The molecule has 2 heterocycles. The number of phenols is 2. The first-order chi connectivity index (χ1) is 17.0. The first kappa shape index (κ1) is 25.4. The molecule has 0 fully saturated rings. The predicted molar refractivity (Wildman–Crippen MR) is 127 cm³/mol. The molecule has 8 nitrogen and oxygen atoms in total.